The van der Waals surface area contributed by atoms with Gasteiger partial charge in [-0.25, -0.2) is 9.38 Å². The van der Waals surface area contributed by atoms with E-state index in [4.69, 9.17) is 22.5 Å². The zero-order valence-corrected chi connectivity index (χ0v) is 13.0. The largest absolute Gasteiger partial charge is 0.623 e. The van der Waals surface area contributed by atoms with Gasteiger partial charge in [-0.3, -0.25) is 0 Å². The second kappa shape index (κ2) is 6.29. The Labute approximate surface area is 141 Å². The molecule has 0 aromatic heterocycles. The topological polar surface area (TPSA) is 97.0 Å². The molecule has 3 rings (SSSR count). The van der Waals surface area contributed by atoms with Gasteiger partial charge in [-0.2, -0.15) is 4.74 Å². The van der Waals surface area contributed by atoms with Crippen LogP contribution in [0.3, 0.4) is 0 Å². The van der Waals surface area contributed by atoms with Gasteiger partial charge in [0.05, 0.1) is 16.8 Å². The summed E-state index contributed by atoms with van der Waals surface area (Å²) in [4.78, 5) is 4.26. The molecule has 2 aromatic rings. The lowest BCUT2D eigenvalue weighted by molar-refractivity contribution is -0.438. The van der Waals surface area contributed by atoms with E-state index in [1.807, 2.05) is 0 Å². The molecular formula is C16H12ClFN4O2. The minimum atomic E-state index is -0.550. The molecule has 0 amide bonds. The molecule has 0 saturated heterocycles. The number of hydrogen-bond donors (Lipinski definition) is 2. The van der Waals surface area contributed by atoms with Gasteiger partial charge in [0.25, 0.3) is 0 Å². The zero-order chi connectivity index (χ0) is 17.3. The Hall–Kier alpha value is -2.93. The van der Waals surface area contributed by atoms with E-state index < -0.39 is 5.82 Å². The molecule has 2 aromatic carbocycles. The van der Waals surface area contributed by atoms with Crippen LogP contribution in [-0.4, -0.2) is 33.7 Å². The summed E-state index contributed by atoms with van der Waals surface area (Å²) < 4.78 is 14.8. The molecule has 0 aliphatic carbocycles. The van der Waals surface area contributed by atoms with Crippen LogP contribution in [0.15, 0.2) is 52.6 Å². The first-order chi connectivity index (χ1) is 11.5. The third-order valence-corrected chi connectivity index (χ3v) is 3.78. The average molecular weight is 347 g/mol. The number of rotatable bonds is 2. The standard InChI is InChI=1S/C16H12ClFN4O2/c17-9-5-6-13-11(7-9)15(10-3-1-2-4-12(10)18)22(24)8-14(20-13)16(19)21-23/h1-7,23H,8H2,(H2,19,21). The quantitative estimate of drug-likeness (QED) is 0.218. The minimum absolute atomic E-state index is 0.0717. The Bertz CT molecular complexity index is 909. The second-order valence-electron chi connectivity index (χ2n) is 5.07. The number of nitrogens with zero attached hydrogens (tertiary/aromatic N) is 3. The van der Waals surface area contributed by atoms with Crippen LogP contribution in [0.4, 0.5) is 10.1 Å². The maximum Gasteiger partial charge on any atom is 0.231 e. The SMILES string of the molecule is N/C(=N/O)C1=Nc2ccc(Cl)cc2C(c2ccccc2F)=[N+]([O-])C1. The predicted molar refractivity (Wildman–Crippen MR) is 90.1 cm³/mol. The number of aliphatic imine (C=N–C) groups is 1. The maximum atomic E-state index is 14.3. The predicted octanol–water partition coefficient (Wildman–Crippen LogP) is 2.66. The van der Waals surface area contributed by atoms with E-state index >= 15 is 0 Å². The van der Waals surface area contributed by atoms with Crippen molar-refractivity contribution in [3.63, 3.8) is 0 Å². The summed E-state index contributed by atoms with van der Waals surface area (Å²) in [5.74, 6) is -0.835. The summed E-state index contributed by atoms with van der Waals surface area (Å²) in [6.45, 7) is -0.300. The molecule has 1 aliphatic rings. The van der Waals surface area contributed by atoms with Gasteiger partial charge in [0.2, 0.25) is 5.71 Å². The number of hydrogen-bond acceptors (Lipinski definition) is 4. The lowest BCUT2D eigenvalue weighted by Crippen LogP contribution is -2.32. The summed E-state index contributed by atoms with van der Waals surface area (Å²) in [6, 6.07) is 10.6. The fourth-order valence-corrected chi connectivity index (χ4v) is 2.63. The molecule has 0 unspecified atom stereocenters. The van der Waals surface area contributed by atoms with Gasteiger partial charge in [-0.05, 0) is 30.3 Å². The van der Waals surface area contributed by atoms with E-state index in [0.717, 1.165) is 0 Å². The number of amidine groups is 1. The monoisotopic (exact) mass is 346 g/mol. The van der Waals surface area contributed by atoms with Crippen molar-refractivity contribution in [1.29, 1.82) is 0 Å². The zero-order valence-electron chi connectivity index (χ0n) is 12.3. The Morgan fingerprint density at radius 1 is 1.29 bits per heavy atom. The van der Waals surface area contributed by atoms with E-state index in [1.165, 1.54) is 24.3 Å². The molecule has 0 fully saturated rings. The highest BCUT2D eigenvalue weighted by Crippen LogP contribution is 2.29. The van der Waals surface area contributed by atoms with Crippen LogP contribution in [0.25, 0.3) is 0 Å². The Kier molecular flexibility index (Phi) is 4.18. The number of hydroxylamine groups is 1. The first-order valence-electron chi connectivity index (χ1n) is 6.93. The van der Waals surface area contributed by atoms with Gasteiger partial charge in [0.1, 0.15) is 5.82 Å². The smallest absolute Gasteiger partial charge is 0.231 e. The third kappa shape index (κ3) is 2.81. The highest BCUT2D eigenvalue weighted by Gasteiger charge is 2.28. The molecular weight excluding hydrogens is 335 g/mol. The van der Waals surface area contributed by atoms with Gasteiger partial charge in [0, 0.05) is 5.02 Å². The van der Waals surface area contributed by atoms with Crippen LogP contribution < -0.4 is 5.73 Å². The van der Waals surface area contributed by atoms with E-state index in [2.05, 4.69) is 10.1 Å². The van der Waals surface area contributed by atoms with Crippen molar-refractivity contribution in [2.24, 2.45) is 15.9 Å². The summed E-state index contributed by atoms with van der Waals surface area (Å²) in [5.41, 5.74) is 6.58. The molecule has 24 heavy (non-hydrogen) atoms. The summed E-state index contributed by atoms with van der Waals surface area (Å²) in [6.07, 6.45) is 0. The maximum absolute atomic E-state index is 14.3. The number of halogens is 2. The van der Waals surface area contributed by atoms with E-state index in [1.54, 1.807) is 18.2 Å². The number of fused-ring (bicyclic) bond motifs is 1. The van der Waals surface area contributed by atoms with Crippen LogP contribution >= 0.6 is 11.6 Å². The Morgan fingerprint density at radius 3 is 2.75 bits per heavy atom. The summed E-state index contributed by atoms with van der Waals surface area (Å²) in [7, 11) is 0. The van der Waals surface area contributed by atoms with E-state index in [0.29, 0.717) is 21.0 Å². The fraction of sp³-hybridized carbons (Fsp3) is 0.0625. The highest BCUT2D eigenvalue weighted by molar-refractivity contribution is 6.42. The number of benzene rings is 2. The average Bonchev–Trinajstić information content (AvgIpc) is 2.71. The van der Waals surface area contributed by atoms with Gasteiger partial charge < -0.3 is 16.1 Å². The van der Waals surface area contributed by atoms with Crippen LogP contribution in [0.5, 0.6) is 0 Å². The second-order valence-corrected chi connectivity index (χ2v) is 5.51. The molecule has 6 nitrogen and oxygen atoms in total. The van der Waals surface area contributed by atoms with Crippen molar-refractivity contribution in [3.8, 4) is 0 Å². The van der Waals surface area contributed by atoms with Crippen LogP contribution in [0.1, 0.15) is 11.1 Å². The van der Waals surface area contributed by atoms with Crippen molar-refractivity contribution in [2.45, 2.75) is 0 Å². The van der Waals surface area contributed by atoms with Crippen molar-refractivity contribution in [1.82, 2.24) is 0 Å². The molecule has 1 heterocycles. The highest BCUT2D eigenvalue weighted by atomic mass is 35.5. The normalized spacial score (nSPS) is 14.9. The van der Waals surface area contributed by atoms with Crippen LogP contribution in [0.2, 0.25) is 5.02 Å². The third-order valence-electron chi connectivity index (χ3n) is 3.54. The number of nitrogens with two attached hydrogens (primary N) is 1. The lowest BCUT2D eigenvalue weighted by atomic mass is 10.00. The molecule has 8 heteroatoms. The Morgan fingerprint density at radius 2 is 2.04 bits per heavy atom. The van der Waals surface area contributed by atoms with E-state index in [9.17, 15) is 9.60 Å². The van der Waals surface area contributed by atoms with Crippen molar-refractivity contribution in [3.05, 3.63) is 69.6 Å². The molecule has 122 valence electrons. The number of oxime groups is 1. The molecule has 1 aliphatic heterocycles. The van der Waals surface area contributed by atoms with Gasteiger partial charge in [0.15, 0.2) is 18.1 Å². The van der Waals surface area contributed by atoms with Crippen molar-refractivity contribution in [2.75, 3.05) is 6.54 Å². The molecule has 3 N–H and O–H groups in total. The lowest BCUT2D eigenvalue weighted by Gasteiger charge is -2.11. The van der Waals surface area contributed by atoms with E-state index in [-0.39, 0.29) is 29.4 Å². The van der Waals surface area contributed by atoms with Gasteiger partial charge >= 0.3 is 0 Å². The Balaban J connectivity index is 2.31. The minimum Gasteiger partial charge on any atom is -0.623 e. The van der Waals surface area contributed by atoms with Crippen LogP contribution in [-0.2, 0) is 0 Å². The summed E-state index contributed by atoms with van der Waals surface area (Å²) in [5, 5.41) is 24.8. The summed E-state index contributed by atoms with van der Waals surface area (Å²) >= 11 is 6.03. The van der Waals surface area contributed by atoms with Crippen molar-refractivity contribution < 1.29 is 14.3 Å². The first kappa shape index (κ1) is 15.9. The molecule has 0 bridgehead atoms. The fourth-order valence-electron chi connectivity index (χ4n) is 2.45. The van der Waals surface area contributed by atoms with Gasteiger partial charge in [-0.15, -0.1) is 0 Å². The molecule has 0 spiro atoms. The molecule has 0 radical (unpaired) electrons. The molecule has 0 atom stereocenters. The van der Waals surface area contributed by atoms with Gasteiger partial charge in [-0.1, -0.05) is 28.9 Å². The van der Waals surface area contributed by atoms with Crippen molar-refractivity contribution >= 4 is 34.5 Å². The molecule has 0 saturated carbocycles. The first-order valence-corrected chi connectivity index (χ1v) is 7.31. The van der Waals surface area contributed by atoms with Crippen LogP contribution in [0, 0.1) is 11.0 Å².